The van der Waals surface area contributed by atoms with Gasteiger partial charge in [0, 0.05) is 10.8 Å². The van der Waals surface area contributed by atoms with E-state index in [4.69, 9.17) is 0 Å². The summed E-state index contributed by atoms with van der Waals surface area (Å²) in [5.41, 5.74) is -0.168. The molecule has 0 heterocycles. The number of halogens is 1. The molecule has 0 saturated carbocycles. The van der Waals surface area contributed by atoms with Gasteiger partial charge in [0.2, 0.25) is 0 Å². The minimum Gasteiger partial charge on any atom is -0.506 e. The first kappa shape index (κ1) is 10.4. The molecule has 4 heteroatoms. The lowest BCUT2D eigenvalue weighted by atomic mass is 10.0. The Kier molecular flexibility index (Phi) is 2.48. The van der Waals surface area contributed by atoms with E-state index < -0.39 is 11.8 Å². The molecule has 2 rings (SSSR count). The molecule has 2 aromatic carbocycles. The molecule has 0 bridgehead atoms. The number of carbonyl (C=O) groups is 1. The highest BCUT2D eigenvalue weighted by Gasteiger charge is 2.17. The van der Waals surface area contributed by atoms with Crippen molar-refractivity contribution in [2.75, 3.05) is 7.11 Å². The van der Waals surface area contributed by atoms with Gasteiger partial charge in [-0.15, -0.1) is 0 Å². The van der Waals surface area contributed by atoms with Crippen LogP contribution in [0.25, 0.3) is 10.8 Å². The van der Waals surface area contributed by atoms with Crippen LogP contribution in [-0.2, 0) is 4.74 Å². The van der Waals surface area contributed by atoms with Gasteiger partial charge in [-0.25, -0.2) is 9.18 Å². The molecule has 0 aromatic heterocycles. The normalized spacial score (nSPS) is 10.4. The van der Waals surface area contributed by atoms with E-state index in [9.17, 15) is 14.3 Å². The summed E-state index contributed by atoms with van der Waals surface area (Å²) in [6.07, 6.45) is 0. The predicted molar refractivity (Wildman–Crippen MR) is 56.9 cm³/mol. The highest BCUT2D eigenvalue weighted by Crippen LogP contribution is 2.31. The van der Waals surface area contributed by atoms with Crippen LogP contribution in [-0.4, -0.2) is 18.2 Å². The molecule has 2 aromatic rings. The molecule has 0 radical (unpaired) electrons. The number of hydrogen-bond donors (Lipinski definition) is 1. The van der Waals surface area contributed by atoms with E-state index in [0.29, 0.717) is 5.39 Å². The van der Waals surface area contributed by atoms with Crippen molar-refractivity contribution in [2.24, 2.45) is 0 Å². The molecule has 0 amide bonds. The van der Waals surface area contributed by atoms with E-state index in [1.54, 1.807) is 18.2 Å². The van der Waals surface area contributed by atoms with E-state index in [2.05, 4.69) is 4.74 Å². The first-order valence-corrected chi connectivity index (χ1v) is 4.63. The van der Waals surface area contributed by atoms with Gasteiger partial charge in [0.15, 0.2) is 0 Å². The van der Waals surface area contributed by atoms with Crippen molar-refractivity contribution in [3.8, 4) is 5.75 Å². The maximum atomic E-state index is 13.6. The Hall–Kier alpha value is -2.10. The van der Waals surface area contributed by atoms with E-state index in [1.165, 1.54) is 13.2 Å². The molecule has 0 aliphatic rings. The summed E-state index contributed by atoms with van der Waals surface area (Å²) < 4.78 is 18.1. The van der Waals surface area contributed by atoms with Crippen LogP contribution in [0.2, 0.25) is 0 Å². The summed E-state index contributed by atoms with van der Waals surface area (Å²) in [5, 5.41) is 10.4. The number of rotatable bonds is 1. The van der Waals surface area contributed by atoms with Crippen LogP contribution in [0, 0.1) is 5.82 Å². The van der Waals surface area contributed by atoms with Gasteiger partial charge in [-0.2, -0.15) is 0 Å². The average molecular weight is 220 g/mol. The molecule has 0 atom stereocenters. The highest BCUT2D eigenvalue weighted by atomic mass is 19.1. The lowest BCUT2D eigenvalue weighted by molar-refractivity contribution is 0.0597. The van der Waals surface area contributed by atoms with Crippen LogP contribution in [0.5, 0.6) is 5.75 Å². The summed E-state index contributed by atoms with van der Waals surface area (Å²) in [6.45, 7) is 0. The molecule has 3 nitrogen and oxygen atoms in total. The summed E-state index contributed by atoms with van der Waals surface area (Å²) in [6, 6.07) is 7.36. The Bertz CT molecular complexity index is 563. The van der Waals surface area contributed by atoms with Crippen LogP contribution >= 0.6 is 0 Å². The number of methoxy groups -OCH3 is 1. The second-order valence-corrected chi connectivity index (χ2v) is 3.29. The third kappa shape index (κ3) is 1.48. The Morgan fingerprint density at radius 3 is 2.56 bits per heavy atom. The SMILES string of the molecule is COC(=O)c1cc(F)c2ccccc2c1O. The lowest BCUT2D eigenvalue weighted by Crippen LogP contribution is -2.02. The molecule has 0 unspecified atom stereocenters. The first-order chi connectivity index (χ1) is 7.65. The van der Waals surface area contributed by atoms with Gasteiger partial charge in [0.05, 0.1) is 7.11 Å². The predicted octanol–water partition coefficient (Wildman–Crippen LogP) is 2.47. The smallest absolute Gasteiger partial charge is 0.341 e. The van der Waals surface area contributed by atoms with E-state index in [1.807, 2.05) is 0 Å². The molecule has 0 aliphatic carbocycles. The van der Waals surface area contributed by atoms with Crippen molar-refractivity contribution < 1.29 is 19.0 Å². The Balaban J connectivity index is 2.80. The minimum atomic E-state index is -0.762. The average Bonchev–Trinajstić information content (AvgIpc) is 2.33. The third-order valence-electron chi connectivity index (χ3n) is 2.37. The van der Waals surface area contributed by atoms with Crippen molar-refractivity contribution in [1.29, 1.82) is 0 Å². The Morgan fingerprint density at radius 1 is 1.31 bits per heavy atom. The summed E-state index contributed by atoms with van der Waals surface area (Å²) in [4.78, 5) is 11.3. The van der Waals surface area contributed by atoms with Gasteiger partial charge in [-0.1, -0.05) is 24.3 Å². The molecule has 82 valence electrons. The fourth-order valence-electron chi connectivity index (χ4n) is 1.58. The number of hydrogen-bond acceptors (Lipinski definition) is 3. The summed E-state index contributed by atoms with van der Waals surface area (Å²) >= 11 is 0. The van der Waals surface area contributed by atoms with Crippen molar-refractivity contribution in [2.45, 2.75) is 0 Å². The Morgan fingerprint density at radius 2 is 1.94 bits per heavy atom. The lowest BCUT2D eigenvalue weighted by Gasteiger charge is -2.07. The van der Waals surface area contributed by atoms with Crippen LogP contribution in [0.15, 0.2) is 30.3 Å². The van der Waals surface area contributed by atoms with Crippen LogP contribution in [0.3, 0.4) is 0 Å². The quantitative estimate of drug-likeness (QED) is 0.751. The molecular formula is C12H9FO3. The maximum Gasteiger partial charge on any atom is 0.341 e. The standard InChI is InChI=1S/C12H9FO3/c1-16-12(15)9-6-10(13)7-4-2-3-5-8(7)11(9)14/h2-6,14H,1H3. The van der Waals surface area contributed by atoms with Crippen molar-refractivity contribution in [3.63, 3.8) is 0 Å². The maximum absolute atomic E-state index is 13.6. The largest absolute Gasteiger partial charge is 0.506 e. The number of esters is 1. The molecule has 0 saturated heterocycles. The molecule has 0 fully saturated rings. The van der Waals surface area contributed by atoms with Gasteiger partial charge in [-0.3, -0.25) is 0 Å². The summed E-state index contributed by atoms with van der Waals surface area (Å²) in [7, 11) is 1.18. The number of carbonyl (C=O) groups excluding carboxylic acids is 1. The van der Waals surface area contributed by atoms with E-state index >= 15 is 0 Å². The highest BCUT2D eigenvalue weighted by molar-refractivity contribution is 6.01. The van der Waals surface area contributed by atoms with Crippen molar-refractivity contribution >= 4 is 16.7 Å². The second-order valence-electron chi connectivity index (χ2n) is 3.29. The molecule has 0 aliphatic heterocycles. The number of benzene rings is 2. The minimum absolute atomic E-state index is 0.168. The monoisotopic (exact) mass is 220 g/mol. The van der Waals surface area contributed by atoms with E-state index in [-0.39, 0.29) is 16.7 Å². The zero-order chi connectivity index (χ0) is 11.7. The zero-order valence-corrected chi connectivity index (χ0v) is 8.53. The number of phenols is 1. The third-order valence-corrected chi connectivity index (χ3v) is 2.37. The summed E-state index contributed by atoms with van der Waals surface area (Å²) in [5.74, 6) is -1.58. The van der Waals surface area contributed by atoms with E-state index in [0.717, 1.165) is 6.07 Å². The number of fused-ring (bicyclic) bond motifs is 1. The van der Waals surface area contributed by atoms with Crippen molar-refractivity contribution in [3.05, 3.63) is 41.7 Å². The Labute approximate surface area is 91.1 Å². The number of phenolic OH excluding ortho intramolecular Hbond substituents is 1. The van der Waals surface area contributed by atoms with Gasteiger partial charge in [0.25, 0.3) is 0 Å². The number of aromatic hydroxyl groups is 1. The van der Waals surface area contributed by atoms with Crippen LogP contribution in [0.4, 0.5) is 4.39 Å². The van der Waals surface area contributed by atoms with Crippen LogP contribution in [0.1, 0.15) is 10.4 Å². The molecular weight excluding hydrogens is 211 g/mol. The number of ether oxygens (including phenoxy) is 1. The van der Waals surface area contributed by atoms with Crippen LogP contribution < -0.4 is 0 Å². The van der Waals surface area contributed by atoms with Gasteiger partial charge in [-0.05, 0) is 6.07 Å². The zero-order valence-electron chi connectivity index (χ0n) is 8.53. The van der Waals surface area contributed by atoms with Gasteiger partial charge < -0.3 is 9.84 Å². The van der Waals surface area contributed by atoms with Gasteiger partial charge in [0.1, 0.15) is 17.1 Å². The fourth-order valence-corrected chi connectivity index (χ4v) is 1.58. The topological polar surface area (TPSA) is 46.5 Å². The fraction of sp³-hybridized carbons (Fsp3) is 0.0833. The second kappa shape index (κ2) is 3.81. The molecule has 16 heavy (non-hydrogen) atoms. The molecule has 0 spiro atoms. The van der Waals surface area contributed by atoms with Crippen molar-refractivity contribution in [1.82, 2.24) is 0 Å². The first-order valence-electron chi connectivity index (χ1n) is 4.63. The molecule has 1 N–H and O–H groups in total. The van der Waals surface area contributed by atoms with Gasteiger partial charge >= 0.3 is 5.97 Å².